The quantitative estimate of drug-likeness (QED) is 0.707. The molecular weight excluding hydrogens is 214 g/mol. The fourth-order valence-electron chi connectivity index (χ4n) is 0.534. The van der Waals surface area contributed by atoms with Crippen molar-refractivity contribution >= 4 is 0 Å². The molecule has 0 radical (unpaired) electrons. The second-order valence-corrected chi connectivity index (χ2v) is 3.46. The van der Waals surface area contributed by atoms with Gasteiger partial charge in [0.05, 0.1) is 12.7 Å². The maximum Gasteiger partial charge on any atom is 0.0653 e. The van der Waals surface area contributed by atoms with E-state index in [4.69, 9.17) is 9.84 Å². The Labute approximate surface area is 108 Å². The first-order chi connectivity index (χ1) is 8.18. The van der Waals surface area contributed by atoms with Crippen LogP contribution < -0.4 is 5.32 Å². The molecule has 0 aromatic heterocycles. The molecule has 0 aliphatic carbocycles. The van der Waals surface area contributed by atoms with E-state index in [0.29, 0.717) is 12.7 Å². The van der Waals surface area contributed by atoms with E-state index in [1.54, 1.807) is 0 Å². The fraction of sp³-hybridized carbons (Fsp3) is 0.714. The van der Waals surface area contributed by atoms with Crippen molar-refractivity contribution in [2.45, 2.75) is 46.6 Å². The first-order valence-electron chi connectivity index (χ1n) is 6.24. The number of hydrogen-bond donors (Lipinski definition) is 2. The third-order valence-corrected chi connectivity index (χ3v) is 1.54. The van der Waals surface area contributed by atoms with Crippen LogP contribution in [0.3, 0.4) is 0 Å². The summed E-state index contributed by atoms with van der Waals surface area (Å²) in [7, 11) is 2.87. The van der Waals surface area contributed by atoms with E-state index in [9.17, 15) is 0 Å². The predicted octanol–water partition coefficient (Wildman–Crippen LogP) is 3.12. The molecule has 0 saturated heterocycles. The predicted molar refractivity (Wildman–Crippen MR) is 77.2 cm³/mol. The molecule has 0 amide bonds. The van der Waals surface area contributed by atoms with Gasteiger partial charge in [-0.2, -0.15) is 0 Å². The van der Waals surface area contributed by atoms with Crippen LogP contribution in [-0.2, 0) is 4.74 Å². The van der Waals surface area contributed by atoms with Crippen molar-refractivity contribution in [3.05, 3.63) is 24.4 Å². The number of unbranched alkanes of at least 4 members (excludes halogenated alkanes) is 1. The Morgan fingerprint density at radius 1 is 1.12 bits per heavy atom. The van der Waals surface area contributed by atoms with E-state index < -0.39 is 0 Å². The first-order valence-corrected chi connectivity index (χ1v) is 6.24. The van der Waals surface area contributed by atoms with Gasteiger partial charge in [-0.15, -0.1) is 0 Å². The van der Waals surface area contributed by atoms with Gasteiger partial charge in [0.2, 0.25) is 0 Å². The minimum atomic E-state index is 0.313. The zero-order valence-corrected chi connectivity index (χ0v) is 12.4. The van der Waals surface area contributed by atoms with Crippen molar-refractivity contribution in [1.29, 1.82) is 0 Å². The number of aliphatic hydroxyl groups excluding tert-OH is 1. The van der Waals surface area contributed by atoms with Gasteiger partial charge in [-0.3, -0.25) is 0 Å². The number of nitrogens with one attached hydrogen (secondary N) is 1. The lowest BCUT2D eigenvalue weighted by molar-refractivity contribution is 0.102. The Balaban J connectivity index is -0.000000275. The Morgan fingerprint density at radius 3 is 2.00 bits per heavy atom. The van der Waals surface area contributed by atoms with E-state index in [2.05, 4.69) is 19.2 Å². The Morgan fingerprint density at radius 2 is 1.65 bits per heavy atom. The van der Waals surface area contributed by atoms with E-state index >= 15 is 0 Å². The standard InChI is InChI=1S/C9H17NO.C4H10.CH4O/c1-9(2)11-8-6-4-5-7-10-3;1-3-4-2;1-2/h4-7,9-10H,8H2,1-3H3;3-4H2,1-2H3;2H,1H3/b6-4-,7-5-;;. The number of hydrogen-bond acceptors (Lipinski definition) is 3. The van der Waals surface area contributed by atoms with Crippen molar-refractivity contribution in [2.75, 3.05) is 20.8 Å². The summed E-state index contributed by atoms with van der Waals surface area (Å²) >= 11 is 0. The normalized spacial score (nSPS) is 9.88. The Kier molecular flexibility index (Phi) is 30.9. The molecule has 0 aliphatic rings. The monoisotopic (exact) mass is 245 g/mol. The van der Waals surface area contributed by atoms with E-state index in [1.807, 2.05) is 45.3 Å². The summed E-state index contributed by atoms with van der Waals surface area (Å²) < 4.78 is 5.28. The van der Waals surface area contributed by atoms with Crippen LogP contribution in [0.25, 0.3) is 0 Å². The smallest absolute Gasteiger partial charge is 0.0653 e. The van der Waals surface area contributed by atoms with E-state index in [0.717, 1.165) is 7.11 Å². The van der Waals surface area contributed by atoms with Crippen LogP contribution in [0, 0.1) is 0 Å². The van der Waals surface area contributed by atoms with Crippen LogP contribution in [0.4, 0.5) is 0 Å². The lowest BCUT2D eigenvalue weighted by atomic mass is 10.4. The summed E-state index contributed by atoms with van der Waals surface area (Å²) in [5.41, 5.74) is 0. The van der Waals surface area contributed by atoms with Crippen molar-refractivity contribution in [3.63, 3.8) is 0 Å². The third kappa shape index (κ3) is 39.4. The van der Waals surface area contributed by atoms with Crippen LogP contribution in [0.1, 0.15) is 40.5 Å². The highest BCUT2D eigenvalue weighted by molar-refractivity contribution is 5.01. The molecule has 0 atom stereocenters. The van der Waals surface area contributed by atoms with Gasteiger partial charge in [0.1, 0.15) is 0 Å². The van der Waals surface area contributed by atoms with Gasteiger partial charge in [-0.25, -0.2) is 0 Å². The highest BCUT2D eigenvalue weighted by Crippen LogP contribution is 1.87. The second kappa shape index (κ2) is 24.4. The molecular formula is C14H31NO2. The maximum absolute atomic E-state index is 7.00. The lowest BCUT2D eigenvalue weighted by Gasteiger charge is -2.01. The molecule has 0 rings (SSSR count). The highest BCUT2D eigenvalue weighted by Gasteiger charge is 1.86. The molecule has 104 valence electrons. The Hall–Kier alpha value is -0.800. The molecule has 0 unspecified atom stereocenters. The van der Waals surface area contributed by atoms with Crippen LogP contribution in [0.5, 0.6) is 0 Å². The zero-order chi connectivity index (χ0) is 13.9. The van der Waals surface area contributed by atoms with E-state index in [-0.39, 0.29) is 0 Å². The average molecular weight is 245 g/mol. The van der Waals surface area contributed by atoms with Crippen molar-refractivity contribution in [1.82, 2.24) is 5.32 Å². The SMILES string of the molecule is CCCC.CN/C=C\C=C/COC(C)C.CO. The molecule has 0 aromatic rings. The van der Waals surface area contributed by atoms with Crippen molar-refractivity contribution in [2.24, 2.45) is 0 Å². The van der Waals surface area contributed by atoms with Crippen LogP contribution in [-0.4, -0.2) is 32.0 Å². The highest BCUT2D eigenvalue weighted by atomic mass is 16.5. The van der Waals surface area contributed by atoms with Crippen LogP contribution in [0.15, 0.2) is 24.4 Å². The number of ether oxygens (including phenoxy) is 1. The van der Waals surface area contributed by atoms with Gasteiger partial charge in [0.25, 0.3) is 0 Å². The molecule has 0 fully saturated rings. The molecule has 17 heavy (non-hydrogen) atoms. The van der Waals surface area contributed by atoms with Gasteiger partial charge in [-0.05, 0) is 26.1 Å². The van der Waals surface area contributed by atoms with Gasteiger partial charge in [0, 0.05) is 14.2 Å². The summed E-state index contributed by atoms with van der Waals surface area (Å²) in [4.78, 5) is 0. The lowest BCUT2D eigenvalue weighted by Crippen LogP contribution is -2.01. The van der Waals surface area contributed by atoms with Gasteiger partial charge in [0.15, 0.2) is 0 Å². The number of allylic oxidation sites excluding steroid dienone is 2. The topological polar surface area (TPSA) is 41.5 Å². The molecule has 0 aromatic carbocycles. The minimum Gasteiger partial charge on any atom is -0.400 e. The summed E-state index contributed by atoms with van der Waals surface area (Å²) in [6.45, 7) is 9.10. The Bertz CT molecular complexity index is 152. The molecule has 3 heteroatoms. The second-order valence-electron chi connectivity index (χ2n) is 3.46. The molecule has 0 heterocycles. The first kappa shape index (κ1) is 21.5. The summed E-state index contributed by atoms with van der Waals surface area (Å²) in [6.07, 6.45) is 10.7. The summed E-state index contributed by atoms with van der Waals surface area (Å²) in [6, 6.07) is 0. The molecule has 0 saturated carbocycles. The zero-order valence-electron chi connectivity index (χ0n) is 12.4. The van der Waals surface area contributed by atoms with Gasteiger partial charge < -0.3 is 15.2 Å². The number of rotatable bonds is 6. The van der Waals surface area contributed by atoms with Gasteiger partial charge >= 0.3 is 0 Å². The molecule has 0 aliphatic heterocycles. The molecule has 2 N–H and O–H groups in total. The van der Waals surface area contributed by atoms with Crippen molar-refractivity contribution in [3.8, 4) is 0 Å². The largest absolute Gasteiger partial charge is 0.400 e. The fourth-order valence-corrected chi connectivity index (χ4v) is 0.534. The van der Waals surface area contributed by atoms with Crippen LogP contribution in [0.2, 0.25) is 0 Å². The number of aliphatic hydroxyl groups is 1. The van der Waals surface area contributed by atoms with Crippen molar-refractivity contribution < 1.29 is 9.84 Å². The maximum atomic E-state index is 7.00. The minimum absolute atomic E-state index is 0.313. The molecule has 0 spiro atoms. The third-order valence-electron chi connectivity index (χ3n) is 1.54. The summed E-state index contributed by atoms with van der Waals surface area (Å²) in [5.74, 6) is 0. The summed E-state index contributed by atoms with van der Waals surface area (Å²) in [5, 5.41) is 9.89. The van der Waals surface area contributed by atoms with E-state index in [1.165, 1.54) is 12.8 Å². The average Bonchev–Trinajstić information content (AvgIpc) is 2.36. The molecule has 3 nitrogen and oxygen atoms in total. The molecule has 0 bridgehead atoms. The van der Waals surface area contributed by atoms with Gasteiger partial charge in [-0.1, -0.05) is 38.8 Å². The van der Waals surface area contributed by atoms with Crippen LogP contribution >= 0.6 is 0 Å².